The Morgan fingerprint density at radius 3 is 2.13 bits per heavy atom. The summed E-state index contributed by atoms with van der Waals surface area (Å²) >= 11 is 3.46. The molecule has 0 fully saturated rings. The van der Waals surface area contributed by atoms with Gasteiger partial charge in [0.2, 0.25) is 0 Å². The van der Waals surface area contributed by atoms with Gasteiger partial charge in [0, 0.05) is 5.33 Å². The monoisotopic (exact) mass is 262 g/mol. The highest BCUT2D eigenvalue weighted by Crippen LogP contribution is 2.29. The molecule has 0 aliphatic carbocycles. The molecule has 0 aromatic rings. The predicted octanol–water partition coefficient (Wildman–Crippen LogP) is -1.37. The maximum atomic E-state index is 3.46. The SMILES string of the molecule is B/C=C(\B)C(B)C(B)/C(B)=C/CCCBr. The van der Waals surface area contributed by atoms with Gasteiger partial charge in [-0.15, -0.1) is 16.9 Å². The van der Waals surface area contributed by atoms with Gasteiger partial charge in [-0.3, -0.25) is 0 Å². The largest absolute Gasteiger partial charge is 0.134 e. The van der Waals surface area contributed by atoms with Crippen molar-refractivity contribution in [2.45, 2.75) is 24.5 Å². The van der Waals surface area contributed by atoms with Gasteiger partial charge in [-0.2, -0.15) is 0 Å². The van der Waals surface area contributed by atoms with Crippen molar-refractivity contribution in [1.29, 1.82) is 0 Å². The second kappa shape index (κ2) is 8.44. The molecule has 0 aromatic carbocycles. The molecule has 6 heteroatoms. The number of hydrogen-bond donors (Lipinski definition) is 0. The second-order valence-electron chi connectivity index (χ2n) is 4.39. The van der Waals surface area contributed by atoms with Crippen LogP contribution in [0.2, 0.25) is 11.6 Å². The lowest BCUT2D eigenvalue weighted by atomic mass is 9.53. The highest BCUT2D eigenvalue weighted by molar-refractivity contribution is 9.09. The maximum absolute atomic E-state index is 3.46. The molecule has 0 radical (unpaired) electrons. The Morgan fingerprint density at radius 2 is 1.67 bits per heavy atom. The van der Waals surface area contributed by atoms with Crippen LogP contribution in [0.25, 0.3) is 0 Å². The lowest BCUT2D eigenvalue weighted by Crippen LogP contribution is -2.10. The van der Waals surface area contributed by atoms with E-state index in [4.69, 9.17) is 0 Å². The van der Waals surface area contributed by atoms with Crippen LogP contribution in [0.4, 0.5) is 0 Å². The summed E-state index contributed by atoms with van der Waals surface area (Å²) in [6.45, 7) is 0. The van der Waals surface area contributed by atoms with Crippen molar-refractivity contribution in [3.63, 3.8) is 0 Å². The molecule has 15 heavy (non-hydrogen) atoms. The standard InChI is InChI=1S/C9H20B5Br/c10-5-7(12)9(14)8(13)6(11)3-1-2-4-15/h3,5,8-9H,1-2,4,10-14H2/b6-3-,7-5-. The molecule has 0 bridgehead atoms. The van der Waals surface area contributed by atoms with E-state index < -0.39 is 0 Å². The molecule has 0 amide bonds. The zero-order valence-electron chi connectivity index (χ0n) is 10.8. The highest BCUT2D eigenvalue weighted by Gasteiger charge is 2.13. The number of halogens is 1. The summed E-state index contributed by atoms with van der Waals surface area (Å²) in [7, 11) is 11.3. The molecule has 0 rings (SSSR count). The average molecular weight is 262 g/mol. The number of allylic oxidation sites excluding steroid dienone is 3. The minimum absolute atomic E-state index is 0.662. The minimum atomic E-state index is 0.662. The Kier molecular flexibility index (Phi) is 8.60. The topological polar surface area (TPSA) is 0 Å². The first-order valence-corrected chi connectivity index (χ1v) is 7.02. The molecule has 78 valence electrons. The fourth-order valence-electron chi connectivity index (χ4n) is 1.64. The molecular weight excluding hydrogens is 242 g/mol. The molecule has 2 unspecified atom stereocenters. The summed E-state index contributed by atoms with van der Waals surface area (Å²) in [6.07, 6.45) is 4.83. The van der Waals surface area contributed by atoms with Gasteiger partial charge < -0.3 is 0 Å². The van der Waals surface area contributed by atoms with E-state index in [9.17, 15) is 0 Å². The van der Waals surface area contributed by atoms with Gasteiger partial charge in [0.25, 0.3) is 0 Å². The molecule has 0 spiro atoms. The molecule has 0 aromatic heterocycles. The van der Waals surface area contributed by atoms with Crippen LogP contribution in [0.1, 0.15) is 12.8 Å². The van der Waals surface area contributed by atoms with E-state index in [0.717, 1.165) is 5.33 Å². The quantitative estimate of drug-likeness (QED) is 0.315. The lowest BCUT2D eigenvalue weighted by molar-refractivity contribution is 0.943. The Labute approximate surface area is 108 Å². The van der Waals surface area contributed by atoms with Gasteiger partial charge >= 0.3 is 0 Å². The van der Waals surface area contributed by atoms with Crippen LogP contribution in [0.5, 0.6) is 0 Å². The van der Waals surface area contributed by atoms with Crippen molar-refractivity contribution >= 4 is 55.2 Å². The van der Waals surface area contributed by atoms with Crippen LogP contribution in [0.15, 0.2) is 23.0 Å². The van der Waals surface area contributed by atoms with Crippen LogP contribution in [0, 0.1) is 0 Å². The van der Waals surface area contributed by atoms with Crippen molar-refractivity contribution in [3.8, 4) is 0 Å². The molecule has 0 heterocycles. The summed E-state index contributed by atoms with van der Waals surface area (Å²) in [5.74, 6) is 3.55. The summed E-state index contributed by atoms with van der Waals surface area (Å²) in [5, 5.41) is 1.11. The van der Waals surface area contributed by atoms with E-state index in [0.29, 0.717) is 11.6 Å². The number of hydrogen-bond acceptors (Lipinski definition) is 0. The Balaban J connectivity index is 4.30. The maximum Gasteiger partial charge on any atom is 0.132 e. The van der Waals surface area contributed by atoms with E-state index in [-0.39, 0.29) is 0 Å². The number of alkyl halides is 1. The fraction of sp³-hybridized carbons (Fsp3) is 0.556. The van der Waals surface area contributed by atoms with Crippen LogP contribution in [-0.4, -0.2) is 44.6 Å². The van der Waals surface area contributed by atoms with Crippen LogP contribution < -0.4 is 0 Å². The van der Waals surface area contributed by atoms with Crippen molar-refractivity contribution in [2.24, 2.45) is 0 Å². The molecule has 0 saturated heterocycles. The first kappa shape index (κ1) is 15.3. The molecule has 2 atom stereocenters. The van der Waals surface area contributed by atoms with Gasteiger partial charge in [0.15, 0.2) is 0 Å². The Hall–Kier alpha value is 0.285. The second-order valence-corrected chi connectivity index (χ2v) is 5.18. The first-order chi connectivity index (χ1) is 7.04. The normalized spacial score (nSPS) is 17.4. The van der Waals surface area contributed by atoms with E-state index in [1.807, 2.05) is 0 Å². The van der Waals surface area contributed by atoms with E-state index >= 15 is 0 Å². The minimum Gasteiger partial charge on any atom is -0.134 e. The lowest BCUT2D eigenvalue weighted by Gasteiger charge is -2.22. The van der Waals surface area contributed by atoms with Crippen molar-refractivity contribution in [1.82, 2.24) is 0 Å². The van der Waals surface area contributed by atoms with Gasteiger partial charge in [-0.05, 0) is 12.8 Å². The number of rotatable bonds is 6. The van der Waals surface area contributed by atoms with Crippen molar-refractivity contribution in [3.05, 3.63) is 23.0 Å². The average Bonchev–Trinajstić information content (AvgIpc) is 2.26. The van der Waals surface area contributed by atoms with Crippen molar-refractivity contribution in [2.75, 3.05) is 5.33 Å². The highest BCUT2D eigenvalue weighted by atomic mass is 79.9. The Bertz CT molecular complexity index is 239. The van der Waals surface area contributed by atoms with Gasteiger partial charge in [-0.1, -0.05) is 33.6 Å². The summed E-state index contributed by atoms with van der Waals surface area (Å²) in [6, 6.07) is 0. The summed E-state index contributed by atoms with van der Waals surface area (Å²) < 4.78 is 0. The summed E-state index contributed by atoms with van der Waals surface area (Å²) in [4.78, 5) is 0. The van der Waals surface area contributed by atoms with Crippen LogP contribution in [-0.2, 0) is 0 Å². The van der Waals surface area contributed by atoms with E-state index in [1.54, 1.807) is 0 Å². The Morgan fingerprint density at radius 1 is 1.13 bits per heavy atom. The zero-order valence-corrected chi connectivity index (χ0v) is 12.4. The van der Waals surface area contributed by atoms with Gasteiger partial charge in [0.05, 0.1) is 0 Å². The van der Waals surface area contributed by atoms with Gasteiger partial charge in [-0.25, -0.2) is 0 Å². The molecule has 0 saturated carbocycles. The molecule has 0 aliphatic heterocycles. The molecule has 0 aliphatic rings. The smallest absolute Gasteiger partial charge is 0.132 e. The predicted molar refractivity (Wildman–Crippen MR) is 89.4 cm³/mol. The van der Waals surface area contributed by atoms with Gasteiger partial charge in [0.1, 0.15) is 39.2 Å². The van der Waals surface area contributed by atoms with E-state index in [2.05, 4.69) is 67.2 Å². The third kappa shape index (κ3) is 5.80. The summed E-state index contributed by atoms with van der Waals surface area (Å²) in [5.41, 5.74) is 3.03. The third-order valence-corrected chi connectivity index (χ3v) is 4.01. The van der Waals surface area contributed by atoms with Crippen LogP contribution >= 0.6 is 15.9 Å². The first-order valence-electron chi connectivity index (χ1n) is 5.90. The molecular formula is C9H20B5Br. The zero-order chi connectivity index (χ0) is 11.8. The van der Waals surface area contributed by atoms with Crippen LogP contribution in [0.3, 0.4) is 0 Å². The molecule has 0 N–H and O–H groups in total. The number of unbranched alkanes of at least 4 members (excludes halogenated alkanes) is 1. The van der Waals surface area contributed by atoms with Crippen molar-refractivity contribution < 1.29 is 0 Å². The fourth-order valence-corrected chi connectivity index (χ4v) is 1.97. The third-order valence-electron chi connectivity index (χ3n) is 3.45. The molecule has 0 nitrogen and oxygen atoms in total. The van der Waals surface area contributed by atoms with E-state index in [1.165, 1.54) is 23.8 Å².